The Hall–Kier alpha value is -1.98. The SMILES string of the molecule is CCC(CC(N)=NO)NC(=O)c1ccco1. The number of rotatable bonds is 5. The van der Waals surface area contributed by atoms with Crippen molar-refractivity contribution in [3.05, 3.63) is 24.2 Å². The number of carbonyl (C=O) groups is 1. The number of nitrogens with zero attached hydrogens (tertiary/aromatic N) is 1. The van der Waals surface area contributed by atoms with Crippen LogP contribution >= 0.6 is 0 Å². The van der Waals surface area contributed by atoms with E-state index in [1.165, 1.54) is 6.26 Å². The first kappa shape index (κ1) is 12.1. The number of amides is 1. The third kappa shape index (κ3) is 3.30. The zero-order valence-electron chi connectivity index (χ0n) is 9.01. The second-order valence-corrected chi connectivity index (χ2v) is 3.35. The highest BCUT2D eigenvalue weighted by Gasteiger charge is 2.15. The quantitative estimate of drug-likeness (QED) is 0.300. The molecular formula is C10H15N3O3. The summed E-state index contributed by atoms with van der Waals surface area (Å²) in [5.74, 6) is 0.0344. The molecule has 0 spiro atoms. The van der Waals surface area contributed by atoms with Gasteiger partial charge in [0.05, 0.1) is 6.26 Å². The van der Waals surface area contributed by atoms with Crippen molar-refractivity contribution < 1.29 is 14.4 Å². The average molecular weight is 225 g/mol. The van der Waals surface area contributed by atoms with Crippen LogP contribution < -0.4 is 11.1 Å². The van der Waals surface area contributed by atoms with Gasteiger partial charge in [-0.3, -0.25) is 4.79 Å². The smallest absolute Gasteiger partial charge is 0.287 e. The Morgan fingerprint density at radius 3 is 3.00 bits per heavy atom. The van der Waals surface area contributed by atoms with E-state index < -0.39 is 0 Å². The van der Waals surface area contributed by atoms with Gasteiger partial charge in [0.25, 0.3) is 5.91 Å². The van der Waals surface area contributed by atoms with Crippen molar-refractivity contribution in [1.82, 2.24) is 5.32 Å². The van der Waals surface area contributed by atoms with Gasteiger partial charge in [-0.05, 0) is 18.6 Å². The Bertz CT molecular complexity index is 359. The van der Waals surface area contributed by atoms with Crippen LogP contribution in [0, 0.1) is 0 Å². The Labute approximate surface area is 93.1 Å². The van der Waals surface area contributed by atoms with Gasteiger partial charge in [-0.15, -0.1) is 0 Å². The summed E-state index contributed by atoms with van der Waals surface area (Å²) in [6, 6.07) is 3.04. The number of nitrogens with two attached hydrogens (primary N) is 1. The van der Waals surface area contributed by atoms with Crippen LogP contribution in [-0.2, 0) is 0 Å². The number of furan rings is 1. The molecule has 1 unspecified atom stereocenters. The number of hydrogen-bond donors (Lipinski definition) is 3. The monoisotopic (exact) mass is 225 g/mol. The zero-order chi connectivity index (χ0) is 12.0. The topological polar surface area (TPSA) is 101 Å². The lowest BCUT2D eigenvalue weighted by Gasteiger charge is -2.14. The highest BCUT2D eigenvalue weighted by Crippen LogP contribution is 2.03. The summed E-state index contributed by atoms with van der Waals surface area (Å²) in [5, 5.41) is 14.0. The molecule has 1 aromatic heterocycles. The molecule has 0 saturated heterocycles. The predicted octanol–water partition coefficient (Wildman–Crippen LogP) is 0.925. The molecule has 6 nitrogen and oxygen atoms in total. The van der Waals surface area contributed by atoms with Crippen LogP contribution in [0.2, 0.25) is 0 Å². The van der Waals surface area contributed by atoms with E-state index in [1.807, 2.05) is 6.92 Å². The molecule has 0 radical (unpaired) electrons. The molecule has 0 fully saturated rings. The maximum Gasteiger partial charge on any atom is 0.287 e. The Morgan fingerprint density at radius 2 is 2.50 bits per heavy atom. The fourth-order valence-electron chi connectivity index (χ4n) is 1.25. The lowest BCUT2D eigenvalue weighted by molar-refractivity contribution is 0.0909. The van der Waals surface area contributed by atoms with E-state index in [0.29, 0.717) is 12.8 Å². The van der Waals surface area contributed by atoms with E-state index in [0.717, 1.165) is 0 Å². The summed E-state index contributed by atoms with van der Waals surface area (Å²) >= 11 is 0. The number of carbonyl (C=O) groups excluding carboxylic acids is 1. The molecule has 1 rings (SSSR count). The van der Waals surface area contributed by atoms with E-state index in [4.69, 9.17) is 15.4 Å². The van der Waals surface area contributed by atoms with E-state index in [1.54, 1.807) is 12.1 Å². The van der Waals surface area contributed by atoms with Crippen LogP contribution in [-0.4, -0.2) is 23.0 Å². The van der Waals surface area contributed by atoms with Crippen LogP contribution in [0.3, 0.4) is 0 Å². The van der Waals surface area contributed by atoms with Gasteiger partial charge in [-0.1, -0.05) is 12.1 Å². The van der Waals surface area contributed by atoms with Gasteiger partial charge in [0, 0.05) is 12.5 Å². The highest BCUT2D eigenvalue weighted by atomic mass is 16.4. The van der Waals surface area contributed by atoms with Gasteiger partial charge >= 0.3 is 0 Å². The van der Waals surface area contributed by atoms with Crippen LogP contribution in [0.4, 0.5) is 0 Å². The molecule has 0 aromatic carbocycles. The van der Waals surface area contributed by atoms with Gasteiger partial charge in [-0.2, -0.15) is 0 Å². The molecule has 88 valence electrons. The molecule has 0 aliphatic carbocycles. The summed E-state index contributed by atoms with van der Waals surface area (Å²) in [4.78, 5) is 11.6. The Morgan fingerprint density at radius 1 is 1.75 bits per heavy atom. The van der Waals surface area contributed by atoms with Crippen molar-refractivity contribution in [1.29, 1.82) is 0 Å². The third-order valence-corrected chi connectivity index (χ3v) is 2.16. The summed E-state index contributed by atoms with van der Waals surface area (Å²) in [5.41, 5.74) is 5.37. The normalized spacial score (nSPS) is 13.4. The average Bonchev–Trinajstić information content (AvgIpc) is 2.81. The van der Waals surface area contributed by atoms with Crippen molar-refractivity contribution in [2.75, 3.05) is 0 Å². The summed E-state index contributed by atoms with van der Waals surface area (Å²) in [6.45, 7) is 1.90. The van der Waals surface area contributed by atoms with E-state index in [-0.39, 0.29) is 23.5 Å². The number of nitrogens with one attached hydrogen (secondary N) is 1. The molecule has 0 aliphatic heterocycles. The van der Waals surface area contributed by atoms with E-state index >= 15 is 0 Å². The van der Waals surface area contributed by atoms with Crippen molar-refractivity contribution >= 4 is 11.7 Å². The molecule has 1 aromatic rings. The van der Waals surface area contributed by atoms with Crippen molar-refractivity contribution in [2.45, 2.75) is 25.8 Å². The molecule has 0 bridgehead atoms. The lowest BCUT2D eigenvalue weighted by atomic mass is 10.1. The molecule has 0 saturated carbocycles. The number of oxime groups is 1. The molecule has 1 heterocycles. The summed E-state index contributed by atoms with van der Waals surface area (Å²) < 4.78 is 4.95. The van der Waals surface area contributed by atoms with Crippen LogP contribution in [0.15, 0.2) is 28.0 Å². The maximum absolute atomic E-state index is 11.6. The molecular weight excluding hydrogens is 210 g/mol. The standard InChI is InChI=1S/C10H15N3O3/c1-2-7(6-9(11)13-15)12-10(14)8-4-3-5-16-8/h3-5,7,15H,2,6H2,1H3,(H2,11,13)(H,12,14). The summed E-state index contributed by atoms with van der Waals surface area (Å²) in [6.07, 6.45) is 2.42. The molecule has 0 aliphatic rings. The second kappa shape index (κ2) is 5.79. The fourth-order valence-corrected chi connectivity index (χ4v) is 1.25. The van der Waals surface area contributed by atoms with Crippen molar-refractivity contribution in [2.24, 2.45) is 10.9 Å². The predicted molar refractivity (Wildman–Crippen MR) is 58.3 cm³/mol. The van der Waals surface area contributed by atoms with Gasteiger partial charge in [0.1, 0.15) is 5.84 Å². The number of hydrogen-bond acceptors (Lipinski definition) is 4. The van der Waals surface area contributed by atoms with Crippen LogP contribution in [0.1, 0.15) is 30.3 Å². The van der Waals surface area contributed by atoms with Gasteiger partial charge in [0.2, 0.25) is 0 Å². The second-order valence-electron chi connectivity index (χ2n) is 3.35. The highest BCUT2D eigenvalue weighted by molar-refractivity contribution is 5.92. The molecule has 1 atom stereocenters. The Kier molecular flexibility index (Phi) is 4.38. The largest absolute Gasteiger partial charge is 0.459 e. The summed E-state index contributed by atoms with van der Waals surface area (Å²) in [7, 11) is 0. The zero-order valence-corrected chi connectivity index (χ0v) is 9.01. The van der Waals surface area contributed by atoms with Gasteiger partial charge in [-0.25, -0.2) is 0 Å². The van der Waals surface area contributed by atoms with Gasteiger partial charge in [0.15, 0.2) is 5.76 Å². The Balaban J connectivity index is 2.54. The molecule has 1 amide bonds. The fraction of sp³-hybridized carbons (Fsp3) is 0.400. The van der Waals surface area contributed by atoms with Gasteiger partial charge < -0.3 is 20.7 Å². The van der Waals surface area contributed by atoms with E-state index in [9.17, 15) is 4.79 Å². The first-order valence-electron chi connectivity index (χ1n) is 4.98. The van der Waals surface area contributed by atoms with Crippen LogP contribution in [0.25, 0.3) is 0 Å². The maximum atomic E-state index is 11.6. The van der Waals surface area contributed by atoms with Crippen LogP contribution in [0.5, 0.6) is 0 Å². The van der Waals surface area contributed by atoms with Crippen molar-refractivity contribution in [3.63, 3.8) is 0 Å². The first-order chi connectivity index (χ1) is 7.67. The minimum Gasteiger partial charge on any atom is -0.459 e. The third-order valence-electron chi connectivity index (χ3n) is 2.16. The lowest BCUT2D eigenvalue weighted by Crippen LogP contribution is -2.37. The van der Waals surface area contributed by atoms with E-state index in [2.05, 4.69) is 10.5 Å². The van der Waals surface area contributed by atoms with Crippen molar-refractivity contribution in [3.8, 4) is 0 Å². The molecule has 16 heavy (non-hydrogen) atoms. The number of amidine groups is 1. The first-order valence-corrected chi connectivity index (χ1v) is 4.98. The minimum absolute atomic E-state index is 0.0894. The minimum atomic E-state index is -0.303. The molecule has 6 heteroatoms. The molecule has 4 N–H and O–H groups in total.